The van der Waals surface area contributed by atoms with Crippen LogP contribution in [0.3, 0.4) is 0 Å². The molecule has 21 heavy (non-hydrogen) atoms. The Balaban J connectivity index is 1.99. The van der Waals surface area contributed by atoms with Gasteiger partial charge in [0.25, 0.3) is 0 Å². The lowest BCUT2D eigenvalue weighted by molar-refractivity contribution is -0.274. The van der Waals surface area contributed by atoms with E-state index in [0.29, 0.717) is 0 Å². The minimum absolute atomic E-state index is 0.238. The third-order valence-electron chi connectivity index (χ3n) is 2.89. The van der Waals surface area contributed by atoms with Gasteiger partial charge in [-0.3, -0.25) is 0 Å². The molecule has 2 rings (SSSR count). The third kappa shape index (κ3) is 4.70. The highest BCUT2D eigenvalue weighted by Gasteiger charge is 2.30. The molecule has 0 fully saturated rings. The van der Waals surface area contributed by atoms with E-state index in [1.54, 1.807) is 12.1 Å². The lowest BCUT2D eigenvalue weighted by Gasteiger charge is -2.11. The lowest BCUT2D eigenvalue weighted by atomic mass is 10.1. The molecule has 0 saturated heterocycles. The number of aryl methyl sites for hydroxylation is 2. The molecular formula is C16H15F3O2. The Morgan fingerprint density at radius 2 is 1.62 bits per heavy atom. The van der Waals surface area contributed by atoms with Crippen LogP contribution in [0.15, 0.2) is 42.5 Å². The van der Waals surface area contributed by atoms with Gasteiger partial charge in [0, 0.05) is 0 Å². The lowest BCUT2D eigenvalue weighted by Crippen LogP contribution is -2.17. The standard InChI is InChI=1S/C16H15F3O2/c1-11-3-4-12(2)15(9-11)20-10-13-5-7-14(8-6-13)21-16(17,18)19/h3-9H,10H2,1-2H3. The van der Waals surface area contributed by atoms with Gasteiger partial charge in [0.1, 0.15) is 18.1 Å². The molecule has 0 saturated carbocycles. The zero-order valence-corrected chi connectivity index (χ0v) is 11.7. The molecule has 0 spiro atoms. The highest BCUT2D eigenvalue weighted by molar-refractivity contribution is 5.36. The number of hydrogen-bond donors (Lipinski definition) is 0. The molecule has 0 bridgehead atoms. The van der Waals surface area contributed by atoms with Gasteiger partial charge >= 0.3 is 6.36 Å². The summed E-state index contributed by atoms with van der Waals surface area (Å²) in [4.78, 5) is 0. The highest BCUT2D eigenvalue weighted by atomic mass is 19.4. The second-order valence-electron chi connectivity index (χ2n) is 4.75. The van der Waals surface area contributed by atoms with Crippen LogP contribution in [-0.2, 0) is 6.61 Å². The zero-order chi connectivity index (χ0) is 15.5. The van der Waals surface area contributed by atoms with E-state index in [1.807, 2.05) is 32.0 Å². The van der Waals surface area contributed by atoms with Gasteiger partial charge in [-0.05, 0) is 48.7 Å². The van der Waals surface area contributed by atoms with Crippen molar-refractivity contribution < 1.29 is 22.6 Å². The van der Waals surface area contributed by atoms with Gasteiger partial charge in [-0.1, -0.05) is 24.3 Å². The van der Waals surface area contributed by atoms with E-state index in [2.05, 4.69) is 4.74 Å². The first-order valence-electron chi connectivity index (χ1n) is 6.38. The van der Waals surface area contributed by atoms with Crippen molar-refractivity contribution in [1.82, 2.24) is 0 Å². The number of alkyl halides is 3. The molecule has 0 aliphatic rings. The topological polar surface area (TPSA) is 18.5 Å². The highest BCUT2D eigenvalue weighted by Crippen LogP contribution is 2.24. The van der Waals surface area contributed by atoms with E-state index in [-0.39, 0.29) is 12.4 Å². The Morgan fingerprint density at radius 1 is 0.952 bits per heavy atom. The minimum atomic E-state index is -4.67. The van der Waals surface area contributed by atoms with Crippen LogP contribution >= 0.6 is 0 Å². The average molecular weight is 296 g/mol. The summed E-state index contributed by atoms with van der Waals surface area (Å²) in [7, 11) is 0. The molecule has 0 aliphatic heterocycles. The summed E-state index contributed by atoms with van der Waals surface area (Å²) in [5, 5.41) is 0. The Hall–Kier alpha value is -2.17. The number of hydrogen-bond acceptors (Lipinski definition) is 2. The number of rotatable bonds is 4. The predicted octanol–water partition coefficient (Wildman–Crippen LogP) is 4.78. The molecule has 2 nitrogen and oxygen atoms in total. The van der Waals surface area contributed by atoms with Crippen molar-refractivity contribution in [2.24, 2.45) is 0 Å². The second-order valence-corrected chi connectivity index (χ2v) is 4.75. The van der Waals surface area contributed by atoms with Crippen LogP contribution < -0.4 is 9.47 Å². The van der Waals surface area contributed by atoms with Gasteiger partial charge in [-0.15, -0.1) is 13.2 Å². The molecule has 0 amide bonds. The molecule has 0 heterocycles. The smallest absolute Gasteiger partial charge is 0.489 e. The van der Waals surface area contributed by atoms with E-state index < -0.39 is 6.36 Å². The van der Waals surface area contributed by atoms with Crippen LogP contribution in [0.2, 0.25) is 0 Å². The minimum Gasteiger partial charge on any atom is -0.489 e. The fraction of sp³-hybridized carbons (Fsp3) is 0.250. The van der Waals surface area contributed by atoms with Gasteiger partial charge in [0.15, 0.2) is 0 Å². The average Bonchev–Trinajstić information content (AvgIpc) is 2.40. The van der Waals surface area contributed by atoms with Crippen LogP contribution in [0.4, 0.5) is 13.2 Å². The number of halogens is 3. The van der Waals surface area contributed by atoms with Crippen LogP contribution in [0.5, 0.6) is 11.5 Å². The van der Waals surface area contributed by atoms with Crippen LogP contribution in [-0.4, -0.2) is 6.36 Å². The van der Waals surface area contributed by atoms with Gasteiger partial charge in [0.2, 0.25) is 0 Å². The van der Waals surface area contributed by atoms with E-state index in [1.165, 1.54) is 12.1 Å². The normalized spacial score (nSPS) is 11.3. The Labute approximate surface area is 121 Å². The van der Waals surface area contributed by atoms with E-state index in [4.69, 9.17) is 4.74 Å². The SMILES string of the molecule is Cc1ccc(C)c(OCc2ccc(OC(F)(F)F)cc2)c1. The first-order valence-corrected chi connectivity index (χ1v) is 6.38. The van der Waals surface area contributed by atoms with E-state index in [0.717, 1.165) is 22.4 Å². The summed E-state index contributed by atoms with van der Waals surface area (Å²) in [6.07, 6.45) is -4.67. The van der Waals surface area contributed by atoms with E-state index >= 15 is 0 Å². The first kappa shape index (κ1) is 15.2. The molecule has 2 aromatic carbocycles. The predicted molar refractivity (Wildman–Crippen MR) is 73.4 cm³/mol. The molecule has 0 unspecified atom stereocenters. The number of ether oxygens (including phenoxy) is 2. The summed E-state index contributed by atoms with van der Waals surface area (Å²) >= 11 is 0. The van der Waals surface area contributed by atoms with Gasteiger partial charge in [0.05, 0.1) is 0 Å². The van der Waals surface area contributed by atoms with Crippen molar-refractivity contribution in [1.29, 1.82) is 0 Å². The van der Waals surface area contributed by atoms with Crippen molar-refractivity contribution in [3.05, 3.63) is 59.2 Å². The van der Waals surface area contributed by atoms with Crippen LogP contribution in [0.25, 0.3) is 0 Å². The molecular weight excluding hydrogens is 281 g/mol. The van der Waals surface area contributed by atoms with Crippen molar-refractivity contribution in [3.8, 4) is 11.5 Å². The largest absolute Gasteiger partial charge is 0.573 e. The van der Waals surface area contributed by atoms with Gasteiger partial charge in [-0.25, -0.2) is 0 Å². The zero-order valence-electron chi connectivity index (χ0n) is 11.7. The van der Waals surface area contributed by atoms with Crippen molar-refractivity contribution in [2.75, 3.05) is 0 Å². The quantitative estimate of drug-likeness (QED) is 0.808. The molecule has 0 aromatic heterocycles. The Morgan fingerprint density at radius 3 is 2.24 bits per heavy atom. The first-order chi connectivity index (χ1) is 9.83. The van der Waals surface area contributed by atoms with Gasteiger partial charge in [-0.2, -0.15) is 0 Å². The molecule has 0 aliphatic carbocycles. The van der Waals surface area contributed by atoms with Crippen molar-refractivity contribution in [3.63, 3.8) is 0 Å². The van der Waals surface area contributed by atoms with Crippen molar-refractivity contribution >= 4 is 0 Å². The maximum atomic E-state index is 12.0. The molecule has 5 heteroatoms. The Bertz CT molecular complexity index is 604. The fourth-order valence-electron chi connectivity index (χ4n) is 1.81. The summed E-state index contributed by atoms with van der Waals surface area (Å²) < 4.78 is 45.6. The third-order valence-corrected chi connectivity index (χ3v) is 2.89. The molecule has 0 radical (unpaired) electrons. The summed E-state index contributed by atoms with van der Waals surface area (Å²) in [6, 6.07) is 11.5. The van der Waals surface area contributed by atoms with Crippen LogP contribution in [0.1, 0.15) is 16.7 Å². The summed E-state index contributed by atoms with van der Waals surface area (Å²) in [5.41, 5.74) is 2.87. The molecule has 0 N–H and O–H groups in total. The van der Waals surface area contributed by atoms with E-state index in [9.17, 15) is 13.2 Å². The molecule has 2 aromatic rings. The summed E-state index contributed by atoms with van der Waals surface area (Å²) in [6.45, 7) is 4.20. The van der Waals surface area contributed by atoms with Crippen LogP contribution in [0, 0.1) is 13.8 Å². The fourth-order valence-corrected chi connectivity index (χ4v) is 1.81. The second kappa shape index (κ2) is 6.08. The monoisotopic (exact) mass is 296 g/mol. The molecule has 112 valence electrons. The maximum absolute atomic E-state index is 12.0. The number of benzene rings is 2. The Kier molecular flexibility index (Phi) is 4.40. The maximum Gasteiger partial charge on any atom is 0.573 e. The summed E-state index contributed by atoms with van der Waals surface area (Å²) in [5.74, 6) is 0.531. The molecule has 0 atom stereocenters. The van der Waals surface area contributed by atoms with Crippen molar-refractivity contribution in [2.45, 2.75) is 26.8 Å². The van der Waals surface area contributed by atoms with Gasteiger partial charge < -0.3 is 9.47 Å².